The monoisotopic (exact) mass is 602 g/mol. The Morgan fingerprint density at radius 2 is 1.84 bits per heavy atom. The molecule has 0 bridgehead atoms. The molecule has 1 amide bonds. The maximum Gasteiger partial charge on any atom is 0.245 e. The Labute approximate surface area is 262 Å². The van der Waals surface area contributed by atoms with Crippen molar-refractivity contribution in [2.24, 2.45) is 10.9 Å². The second-order valence-electron chi connectivity index (χ2n) is 12.8. The summed E-state index contributed by atoms with van der Waals surface area (Å²) in [6.45, 7) is 15.6. The highest BCUT2D eigenvalue weighted by Gasteiger charge is 2.35. The van der Waals surface area contributed by atoms with Crippen LogP contribution in [0, 0.1) is 26.7 Å². The number of carbonyl (C=O) groups is 1. The van der Waals surface area contributed by atoms with Crippen molar-refractivity contribution in [1.29, 1.82) is 0 Å². The van der Waals surface area contributed by atoms with Crippen molar-refractivity contribution in [2.45, 2.75) is 86.1 Å². The van der Waals surface area contributed by atoms with Gasteiger partial charge >= 0.3 is 0 Å². The molecule has 1 atom stereocenters. The minimum atomic E-state index is -0.333. The number of aliphatic imine (C=N–C) groups is 1. The van der Waals surface area contributed by atoms with E-state index in [1.807, 2.05) is 13.8 Å². The molecular weight excluding hydrogens is 552 g/mol. The Kier molecular flexibility index (Phi) is 9.83. The number of methoxy groups -OCH3 is 1. The predicted octanol–water partition coefficient (Wildman–Crippen LogP) is 6.52. The minimum absolute atomic E-state index is 0.197. The molecule has 44 heavy (non-hydrogen) atoms. The van der Waals surface area contributed by atoms with Gasteiger partial charge in [0.25, 0.3) is 0 Å². The summed E-state index contributed by atoms with van der Waals surface area (Å²) < 4.78 is 11.4. The SMILES string of the molecule is CC/C(C)=C(C)/N=C(/NC(C(=O)N1CCN(C)CC1)C1CCCCC1)c1c(C)[nH]c2cc(-c3c(C)noc3C)c(OC)cc12. The number of nitrogens with one attached hydrogen (secondary N) is 2. The molecule has 3 aromatic rings. The number of rotatable bonds is 8. The number of aromatic amines is 1. The number of hydrogen-bond acceptors (Lipinski definition) is 6. The van der Waals surface area contributed by atoms with Gasteiger partial charge in [-0.25, -0.2) is 4.99 Å². The van der Waals surface area contributed by atoms with Crippen LogP contribution in [0.5, 0.6) is 5.75 Å². The second-order valence-corrected chi connectivity index (χ2v) is 12.8. The molecule has 3 heterocycles. The molecule has 1 saturated carbocycles. The van der Waals surface area contributed by atoms with E-state index in [2.05, 4.69) is 72.1 Å². The first kappa shape index (κ1) is 31.8. The zero-order valence-electron chi connectivity index (χ0n) is 27.9. The van der Waals surface area contributed by atoms with Crippen molar-refractivity contribution in [3.8, 4) is 16.9 Å². The van der Waals surface area contributed by atoms with Crippen molar-refractivity contribution in [3.05, 3.63) is 46.1 Å². The van der Waals surface area contributed by atoms with Crippen LogP contribution in [0.2, 0.25) is 0 Å². The van der Waals surface area contributed by atoms with Gasteiger partial charge in [0.2, 0.25) is 5.91 Å². The lowest BCUT2D eigenvalue weighted by Crippen LogP contribution is -2.57. The molecule has 1 aliphatic heterocycles. The number of aryl methyl sites for hydroxylation is 3. The van der Waals surface area contributed by atoms with E-state index in [-0.39, 0.29) is 17.9 Å². The summed E-state index contributed by atoms with van der Waals surface area (Å²) in [5.41, 5.74) is 7.81. The van der Waals surface area contributed by atoms with E-state index in [0.29, 0.717) is 0 Å². The highest BCUT2D eigenvalue weighted by atomic mass is 16.5. The Hall–Kier alpha value is -3.59. The smallest absolute Gasteiger partial charge is 0.245 e. The fourth-order valence-corrected chi connectivity index (χ4v) is 6.79. The van der Waals surface area contributed by atoms with Gasteiger partial charge in [0.1, 0.15) is 23.4 Å². The van der Waals surface area contributed by atoms with Crippen LogP contribution in [0.3, 0.4) is 0 Å². The van der Waals surface area contributed by atoms with Crippen molar-refractivity contribution >= 4 is 22.6 Å². The number of benzene rings is 1. The predicted molar refractivity (Wildman–Crippen MR) is 177 cm³/mol. The quantitative estimate of drug-likeness (QED) is 0.225. The Balaban J connectivity index is 1.64. The lowest BCUT2D eigenvalue weighted by Gasteiger charge is -2.38. The average Bonchev–Trinajstić information content (AvgIpc) is 3.54. The van der Waals surface area contributed by atoms with Crippen LogP contribution in [0.15, 0.2) is 32.9 Å². The zero-order chi connectivity index (χ0) is 31.5. The fraction of sp³-hybridized carbons (Fsp3) is 0.571. The lowest BCUT2D eigenvalue weighted by atomic mass is 9.83. The first-order valence-corrected chi connectivity index (χ1v) is 16.3. The van der Waals surface area contributed by atoms with Crippen LogP contribution in [0.1, 0.15) is 82.0 Å². The standard InChI is InChI=1S/C35H50N6O3/c1-9-21(2)22(3)37-34(38-33(26-13-11-10-12-14-26)35(42)41-17-15-40(7)16-18-41)32-23(4)36-29-19-28(30(43-8)20-27(29)32)31-24(5)39-44-25(31)6/h19-20,26,33,36H,9-18H2,1-8H3,(H,37,38)/b22-21+. The number of aromatic nitrogens is 2. The molecule has 1 saturated heterocycles. The molecule has 1 aromatic carbocycles. The van der Waals surface area contributed by atoms with Gasteiger partial charge in [-0.1, -0.05) is 36.9 Å². The Morgan fingerprint density at radius 3 is 2.45 bits per heavy atom. The van der Waals surface area contributed by atoms with E-state index in [1.54, 1.807) is 7.11 Å². The normalized spacial score (nSPS) is 18.5. The van der Waals surface area contributed by atoms with E-state index >= 15 is 0 Å². The summed E-state index contributed by atoms with van der Waals surface area (Å²) in [5.74, 6) is 2.69. The Bertz CT molecular complexity index is 1530. The summed E-state index contributed by atoms with van der Waals surface area (Å²) in [6.07, 6.45) is 6.57. The first-order valence-electron chi connectivity index (χ1n) is 16.3. The highest BCUT2D eigenvalue weighted by Crippen LogP contribution is 2.39. The number of carbonyl (C=O) groups excluding carboxylic acids is 1. The molecule has 2 N–H and O–H groups in total. The van der Waals surface area contributed by atoms with Gasteiger partial charge in [-0.3, -0.25) is 4.79 Å². The van der Waals surface area contributed by atoms with Gasteiger partial charge in [0.15, 0.2) is 0 Å². The number of nitrogens with zero attached hydrogens (tertiary/aromatic N) is 4. The van der Waals surface area contributed by atoms with Gasteiger partial charge in [0.05, 0.1) is 18.4 Å². The molecular formula is C35H50N6O3. The number of H-pyrrole nitrogens is 1. The van der Waals surface area contributed by atoms with E-state index in [0.717, 1.165) is 120 Å². The van der Waals surface area contributed by atoms with Crippen molar-refractivity contribution in [3.63, 3.8) is 0 Å². The van der Waals surface area contributed by atoms with Crippen molar-refractivity contribution in [2.75, 3.05) is 40.3 Å². The van der Waals surface area contributed by atoms with Gasteiger partial charge < -0.3 is 29.4 Å². The van der Waals surface area contributed by atoms with Crippen LogP contribution in [-0.2, 0) is 4.79 Å². The molecule has 0 spiro atoms. The van der Waals surface area contributed by atoms with Crippen LogP contribution >= 0.6 is 0 Å². The summed E-state index contributed by atoms with van der Waals surface area (Å²) in [4.78, 5) is 27.5. The number of ether oxygens (including phenoxy) is 1. The van der Waals surface area contributed by atoms with Crippen LogP contribution in [-0.4, -0.2) is 78.1 Å². The number of amides is 1. The van der Waals surface area contributed by atoms with Gasteiger partial charge in [-0.05, 0) is 79.0 Å². The zero-order valence-corrected chi connectivity index (χ0v) is 27.9. The molecule has 2 aliphatic rings. The van der Waals surface area contributed by atoms with E-state index < -0.39 is 0 Å². The third-order valence-electron chi connectivity index (χ3n) is 9.77. The second kappa shape index (κ2) is 13.6. The average molecular weight is 603 g/mol. The molecule has 5 rings (SSSR count). The maximum absolute atomic E-state index is 14.3. The minimum Gasteiger partial charge on any atom is -0.496 e. The molecule has 9 heteroatoms. The van der Waals surface area contributed by atoms with Gasteiger partial charge in [0, 0.05) is 59.6 Å². The van der Waals surface area contributed by atoms with Crippen LogP contribution in [0.25, 0.3) is 22.0 Å². The highest BCUT2D eigenvalue weighted by molar-refractivity contribution is 6.13. The molecule has 9 nitrogen and oxygen atoms in total. The van der Waals surface area contributed by atoms with Crippen LogP contribution < -0.4 is 10.1 Å². The van der Waals surface area contributed by atoms with E-state index in [4.69, 9.17) is 14.3 Å². The van der Waals surface area contributed by atoms with E-state index in [1.165, 1.54) is 12.0 Å². The van der Waals surface area contributed by atoms with Gasteiger partial charge in [-0.15, -0.1) is 0 Å². The molecule has 0 radical (unpaired) electrons. The number of likely N-dealkylation sites (N-methyl/N-ethyl adjacent to an activating group) is 1. The summed E-state index contributed by atoms with van der Waals surface area (Å²) in [5, 5.41) is 8.98. The number of fused-ring (bicyclic) bond motifs is 1. The topological polar surface area (TPSA) is 99.0 Å². The third-order valence-corrected chi connectivity index (χ3v) is 9.77. The number of piperazine rings is 1. The summed E-state index contributed by atoms with van der Waals surface area (Å²) in [7, 11) is 3.82. The summed E-state index contributed by atoms with van der Waals surface area (Å²) in [6, 6.07) is 3.86. The number of hydrogen-bond donors (Lipinski definition) is 2. The van der Waals surface area contributed by atoms with E-state index in [9.17, 15) is 4.79 Å². The molecule has 1 aliphatic carbocycles. The van der Waals surface area contributed by atoms with Crippen molar-refractivity contribution in [1.82, 2.24) is 25.3 Å². The first-order chi connectivity index (χ1) is 21.1. The molecule has 2 fully saturated rings. The molecule has 1 unspecified atom stereocenters. The van der Waals surface area contributed by atoms with Gasteiger partial charge in [-0.2, -0.15) is 0 Å². The lowest BCUT2D eigenvalue weighted by molar-refractivity contribution is -0.136. The van der Waals surface area contributed by atoms with Crippen LogP contribution in [0.4, 0.5) is 0 Å². The van der Waals surface area contributed by atoms with Crippen molar-refractivity contribution < 1.29 is 14.1 Å². The Morgan fingerprint density at radius 1 is 1.14 bits per heavy atom. The number of allylic oxidation sites excluding steroid dienone is 2. The largest absolute Gasteiger partial charge is 0.496 e. The molecule has 238 valence electrons. The fourth-order valence-electron chi connectivity index (χ4n) is 6.79. The maximum atomic E-state index is 14.3. The summed E-state index contributed by atoms with van der Waals surface area (Å²) >= 11 is 0. The number of amidine groups is 1. The third kappa shape index (κ3) is 6.43. The molecule has 2 aromatic heterocycles.